The van der Waals surface area contributed by atoms with E-state index >= 15 is 0 Å². The Morgan fingerprint density at radius 2 is 1.74 bits per heavy atom. The van der Waals surface area contributed by atoms with Crippen LogP contribution in [0.15, 0.2) is 48.5 Å². The number of carboxylic acids is 1. The zero-order valence-electron chi connectivity index (χ0n) is 19.6. The lowest BCUT2D eigenvalue weighted by atomic mass is 9.82. The largest absolute Gasteiger partial charge is 0.481 e. The maximum Gasteiger partial charge on any atom is 0.407 e. The number of hydrogen-bond donors (Lipinski definition) is 2. The molecule has 2 amide bonds. The summed E-state index contributed by atoms with van der Waals surface area (Å²) in [4.78, 5) is 38.6. The minimum Gasteiger partial charge on any atom is -0.481 e. The van der Waals surface area contributed by atoms with Gasteiger partial charge in [-0.2, -0.15) is 11.8 Å². The van der Waals surface area contributed by atoms with Crippen molar-refractivity contribution < 1.29 is 24.2 Å². The molecule has 1 aliphatic heterocycles. The molecule has 1 heterocycles. The van der Waals surface area contributed by atoms with Gasteiger partial charge in [-0.25, -0.2) is 4.79 Å². The number of thioether (sulfide) groups is 1. The van der Waals surface area contributed by atoms with Gasteiger partial charge in [0.15, 0.2) is 0 Å². The van der Waals surface area contributed by atoms with Crippen molar-refractivity contribution in [2.75, 3.05) is 31.2 Å². The zero-order chi connectivity index (χ0) is 24.4. The van der Waals surface area contributed by atoms with E-state index in [0.29, 0.717) is 37.4 Å². The molecule has 5 rings (SSSR count). The third-order valence-corrected chi connectivity index (χ3v) is 8.69. The van der Waals surface area contributed by atoms with Gasteiger partial charge in [0.2, 0.25) is 5.91 Å². The fraction of sp³-hybridized carbons (Fsp3) is 0.444. The fourth-order valence-electron chi connectivity index (χ4n) is 6.05. The molecule has 1 saturated heterocycles. The fourth-order valence-corrected chi connectivity index (χ4v) is 6.78. The normalized spacial score (nSPS) is 22.4. The van der Waals surface area contributed by atoms with Crippen molar-refractivity contribution >= 4 is 29.7 Å². The summed E-state index contributed by atoms with van der Waals surface area (Å²) in [7, 11) is 0. The van der Waals surface area contributed by atoms with E-state index in [9.17, 15) is 19.5 Å². The summed E-state index contributed by atoms with van der Waals surface area (Å²) in [6.45, 7) is 1.19. The Kier molecular flexibility index (Phi) is 6.73. The van der Waals surface area contributed by atoms with E-state index in [4.69, 9.17) is 4.74 Å². The molecule has 0 bridgehead atoms. The molecule has 0 radical (unpaired) electrons. The highest BCUT2D eigenvalue weighted by Gasteiger charge is 2.56. The standard InChI is InChI=1S/C27H30N2O5S/c30-24(29-14-12-27(25(31)32)11-5-10-23(27)29)17-35-15-13-28-26(33)34-16-22-20-8-3-1-6-18(20)19-7-2-4-9-21(19)22/h1-4,6-9,22-23H,5,10-17H2,(H,28,33)(H,31,32). The number of carbonyl (C=O) groups is 3. The smallest absolute Gasteiger partial charge is 0.407 e. The molecule has 0 spiro atoms. The lowest BCUT2D eigenvalue weighted by Crippen LogP contribution is -2.43. The summed E-state index contributed by atoms with van der Waals surface area (Å²) < 4.78 is 5.54. The van der Waals surface area contributed by atoms with Crippen molar-refractivity contribution in [2.45, 2.75) is 37.6 Å². The second-order valence-electron chi connectivity index (χ2n) is 9.51. The van der Waals surface area contributed by atoms with Crippen LogP contribution in [0.4, 0.5) is 4.79 Å². The number of carboxylic acid groups (broad SMARTS) is 1. The Balaban J connectivity index is 1.04. The molecule has 2 N–H and O–H groups in total. The van der Waals surface area contributed by atoms with Crippen molar-refractivity contribution in [1.29, 1.82) is 0 Å². The van der Waals surface area contributed by atoms with Crippen LogP contribution in [0, 0.1) is 5.41 Å². The average Bonchev–Trinajstić information content (AvgIpc) is 3.53. The van der Waals surface area contributed by atoms with E-state index in [1.807, 2.05) is 24.3 Å². The molecule has 0 aromatic heterocycles. The van der Waals surface area contributed by atoms with Gasteiger partial charge in [-0.3, -0.25) is 9.59 Å². The monoisotopic (exact) mass is 494 g/mol. The SMILES string of the molecule is O=C(NCCSCC(=O)N1CCC2(C(=O)O)CCCC12)OCC1c2ccccc2-c2ccccc21. The molecule has 1 saturated carbocycles. The van der Waals surface area contributed by atoms with Gasteiger partial charge in [-0.1, -0.05) is 55.0 Å². The van der Waals surface area contributed by atoms with Gasteiger partial charge in [0.05, 0.1) is 11.2 Å². The van der Waals surface area contributed by atoms with Crippen LogP contribution in [-0.4, -0.2) is 65.2 Å². The van der Waals surface area contributed by atoms with Crippen molar-refractivity contribution in [2.24, 2.45) is 5.41 Å². The molecule has 3 aliphatic rings. The second kappa shape index (κ2) is 9.93. The van der Waals surface area contributed by atoms with E-state index in [0.717, 1.165) is 12.8 Å². The number of likely N-dealkylation sites (tertiary alicyclic amines) is 1. The van der Waals surface area contributed by atoms with Crippen LogP contribution < -0.4 is 5.32 Å². The summed E-state index contributed by atoms with van der Waals surface area (Å²) in [5.41, 5.74) is 3.98. The third kappa shape index (κ3) is 4.40. The number of rotatable bonds is 8. The third-order valence-electron chi connectivity index (χ3n) is 7.74. The molecule has 2 fully saturated rings. The van der Waals surface area contributed by atoms with Crippen LogP contribution in [0.5, 0.6) is 0 Å². The van der Waals surface area contributed by atoms with Crippen LogP contribution in [0.3, 0.4) is 0 Å². The summed E-state index contributed by atoms with van der Waals surface area (Å²) >= 11 is 1.45. The first-order valence-electron chi connectivity index (χ1n) is 12.2. The lowest BCUT2D eigenvalue weighted by molar-refractivity contribution is -0.149. The lowest BCUT2D eigenvalue weighted by Gasteiger charge is -2.28. The van der Waals surface area contributed by atoms with Crippen molar-refractivity contribution in [3.05, 3.63) is 59.7 Å². The Bertz CT molecular complexity index is 1090. The van der Waals surface area contributed by atoms with Gasteiger partial charge < -0.3 is 20.1 Å². The van der Waals surface area contributed by atoms with Crippen LogP contribution in [0.1, 0.15) is 42.7 Å². The van der Waals surface area contributed by atoms with Crippen molar-refractivity contribution in [3.63, 3.8) is 0 Å². The highest BCUT2D eigenvalue weighted by molar-refractivity contribution is 7.99. The van der Waals surface area contributed by atoms with Gasteiger partial charge in [-0.05, 0) is 41.5 Å². The zero-order valence-corrected chi connectivity index (χ0v) is 20.4. The minimum absolute atomic E-state index is 0.00818. The first-order chi connectivity index (χ1) is 17.0. The van der Waals surface area contributed by atoms with Crippen LogP contribution in [0.2, 0.25) is 0 Å². The number of carbonyl (C=O) groups excluding carboxylic acids is 2. The number of nitrogens with one attached hydrogen (secondary N) is 1. The first kappa shape index (κ1) is 23.7. The number of aliphatic carboxylic acids is 1. The van der Waals surface area contributed by atoms with E-state index < -0.39 is 17.5 Å². The van der Waals surface area contributed by atoms with E-state index in [1.165, 1.54) is 34.0 Å². The van der Waals surface area contributed by atoms with Gasteiger partial charge >= 0.3 is 12.1 Å². The number of nitrogens with zero attached hydrogens (tertiary/aromatic N) is 1. The number of benzene rings is 2. The maximum absolute atomic E-state index is 12.7. The van der Waals surface area contributed by atoms with Gasteiger partial charge in [0, 0.05) is 30.8 Å². The molecule has 2 aromatic carbocycles. The summed E-state index contributed by atoms with van der Waals surface area (Å²) in [5.74, 6) is 0.118. The molecule has 2 aromatic rings. The van der Waals surface area contributed by atoms with Crippen LogP contribution in [0.25, 0.3) is 11.1 Å². The maximum atomic E-state index is 12.7. The van der Waals surface area contributed by atoms with Crippen molar-refractivity contribution in [3.8, 4) is 11.1 Å². The molecule has 7 nitrogen and oxygen atoms in total. The highest BCUT2D eigenvalue weighted by atomic mass is 32.2. The Morgan fingerprint density at radius 1 is 1.06 bits per heavy atom. The Morgan fingerprint density at radius 3 is 2.43 bits per heavy atom. The van der Waals surface area contributed by atoms with Gasteiger partial charge in [-0.15, -0.1) is 0 Å². The van der Waals surface area contributed by atoms with Crippen LogP contribution in [-0.2, 0) is 14.3 Å². The van der Waals surface area contributed by atoms with Crippen molar-refractivity contribution in [1.82, 2.24) is 10.2 Å². The summed E-state index contributed by atoms with van der Waals surface area (Å²) in [6.07, 6.45) is 2.38. The van der Waals surface area contributed by atoms with E-state index in [1.54, 1.807) is 4.90 Å². The minimum atomic E-state index is -0.768. The molecule has 8 heteroatoms. The Hall–Kier alpha value is -3.00. The predicted molar refractivity (Wildman–Crippen MR) is 134 cm³/mol. The average molecular weight is 495 g/mol. The molecule has 184 valence electrons. The van der Waals surface area contributed by atoms with E-state index in [2.05, 4.69) is 29.6 Å². The number of alkyl carbamates (subject to hydrolysis) is 1. The molecule has 2 atom stereocenters. The molecular weight excluding hydrogens is 464 g/mol. The number of amides is 2. The summed E-state index contributed by atoms with van der Waals surface area (Å²) in [5, 5.41) is 12.5. The highest BCUT2D eigenvalue weighted by Crippen LogP contribution is 2.49. The second-order valence-corrected chi connectivity index (χ2v) is 10.6. The Labute approximate surface area is 209 Å². The molecule has 2 unspecified atom stereocenters. The number of ether oxygens (including phenoxy) is 1. The quantitative estimate of drug-likeness (QED) is 0.536. The summed E-state index contributed by atoms with van der Waals surface area (Å²) in [6, 6.07) is 16.3. The topological polar surface area (TPSA) is 95.9 Å². The number of fused-ring (bicyclic) bond motifs is 4. The van der Waals surface area contributed by atoms with Gasteiger partial charge in [0.1, 0.15) is 6.61 Å². The number of hydrogen-bond acceptors (Lipinski definition) is 5. The van der Waals surface area contributed by atoms with Gasteiger partial charge in [0.25, 0.3) is 0 Å². The molecule has 2 aliphatic carbocycles. The van der Waals surface area contributed by atoms with E-state index in [-0.39, 0.29) is 24.5 Å². The first-order valence-corrected chi connectivity index (χ1v) is 13.4. The molecule has 35 heavy (non-hydrogen) atoms. The predicted octanol–water partition coefficient (Wildman–Crippen LogP) is 4.11. The molecular formula is C27H30N2O5S. The van der Waals surface area contributed by atoms with Crippen LogP contribution >= 0.6 is 11.8 Å².